The molecular weight excluding hydrogens is 136 g/mol. The average molecular weight is 152 g/mol. The maximum atomic E-state index is 4.16. The first kappa shape index (κ1) is 7.93. The summed E-state index contributed by atoms with van der Waals surface area (Å²) in [5.41, 5.74) is 3.04. The van der Waals surface area contributed by atoms with Crippen molar-refractivity contribution in [1.82, 2.24) is 0 Å². The summed E-state index contributed by atoms with van der Waals surface area (Å²) in [7, 11) is -0.416. The fourth-order valence-electron chi connectivity index (χ4n) is 1.64. The first-order chi connectivity index (χ1) is 4.84. The zero-order chi connectivity index (χ0) is 7.40. The van der Waals surface area contributed by atoms with Crippen molar-refractivity contribution in [3.8, 4) is 0 Å². The van der Waals surface area contributed by atoms with E-state index in [1.165, 1.54) is 32.1 Å². The largest absolute Gasteiger partial charge is 0.114 e. The maximum absolute atomic E-state index is 4.16. The predicted octanol–water partition coefficient (Wildman–Crippen LogP) is 2.55. The van der Waals surface area contributed by atoms with Crippen LogP contribution < -0.4 is 0 Å². The minimum Gasteiger partial charge on any atom is -0.114 e. The average Bonchev–Trinajstić information content (AvgIpc) is 2.05. The molecule has 0 atom stereocenters. The van der Waals surface area contributed by atoms with E-state index in [-0.39, 0.29) is 0 Å². The first-order valence-corrected chi connectivity index (χ1v) is 6.02. The van der Waals surface area contributed by atoms with Crippen LogP contribution in [-0.4, -0.2) is 14.6 Å². The van der Waals surface area contributed by atoms with Crippen LogP contribution in [-0.2, 0) is 0 Å². The van der Waals surface area contributed by atoms with Crippen LogP contribution in [0.5, 0.6) is 0 Å². The second-order valence-corrected chi connectivity index (χ2v) is 5.49. The minimum atomic E-state index is -0.416. The fraction of sp³-hybridized carbons (Fsp3) is 0.667. The zero-order valence-corrected chi connectivity index (χ0v) is 7.60. The lowest BCUT2D eigenvalue weighted by Crippen LogP contribution is -2.11. The smallest absolute Gasteiger partial charge is 0.0320 e. The summed E-state index contributed by atoms with van der Waals surface area (Å²) in [6, 6.07) is 0. The quantitative estimate of drug-likeness (QED) is 0.533. The van der Waals surface area contributed by atoms with Gasteiger partial charge in [0, 0.05) is 8.41 Å². The summed E-state index contributed by atoms with van der Waals surface area (Å²) in [4.78, 5) is 0. The zero-order valence-electron chi connectivity index (χ0n) is 6.60. The van der Waals surface area contributed by atoms with Gasteiger partial charge in [-0.05, 0) is 18.4 Å². The summed E-state index contributed by atoms with van der Waals surface area (Å²) >= 11 is 0. The Hall–Kier alpha value is -0.173. The highest BCUT2D eigenvalue weighted by Crippen LogP contribution is 2.28. The Labute approximate surface area is 65.2 Å². The van der Waals surface area contributed by atoms with Gasteiger partial charge in [0.2, 0.25) is 0 Å². The van der Waals surface area contributed by atoms with Crippen LogP contribution in [0.25, 0.3) is 0 Å². The molecule has 10 heavy (non-hydrogen) atoms. The van der Waals surface area contributed by atoms with Crippen molar-refractivity contribution in [3.05, 3.63) is 12.3 Å². The van der Waals surface area contributed by atoms with Gasteiger partial charge in [0.25, 0.3) is 0 Å². The van der Waals surface area contributed by atoms with E-state index in [0.29, 0.717) is 0 Å². The predicted molar refractivity (Wildman–Crippen MR) is 49.9 cm³/mol. The molecule has 0 nitrogen and oxygen atoms in total. The number of hydrogen-bond acceptors (Lipinski definition) is 0. The molecule has 0 saturated heterocycles. The van der Waals surface area contributed by atoms with Crippen LogP contribution >= 0.6 is 0 Å². The molecular formula is C9H16Si. The van der Waals surface area contributed by atoms with Crippen molar-refractivity contribution in [2.24, 2.45) is 0 Å². The molecule has 0 unspecified atom stereocenters. The van der Waals surface area contributed by atoms with Crippen molar-refractivity contribution in [2.45, 2.75) is 37.6 Å². The van der Waals surface area contributed by atoms with Gasteiger partial charge in [-0.1, -0.05) is 25.0 Å². The number of rotatable bonds is 2. The Morgan fingerprint density at radius 2 is 1.80 bits per heavy atom. The molecule has 1 rings (SSSR count). The SMILES string of the molecule is C=C[Si](=C)C1CCCCC1. The Balaban J connectivity index is 2.38. The Kier molecular flexibility index (Phi) is 3.07. The first-order valence-electron chi connectivity index (χ1n) is 4.16. The second kappa shape index (κ2) is 3.87. The van der Waals surface area contributed by atoms with E-state index in [4.69, 9.17) is 0 Å². The van der Waals surface area contributed by atoms with Gasteiger partial charge in [0.1, 0.15) is 0 Å². The van der Waals surface area contributed by atoms with E-state index in [2.05, 4.69) is 18.5 Å². The lowest BCUT2D eigenvalue weighted by atomic mass is 10.0. The minimum absolute atomic E-state index is 0.416. The summed E-state index contributed by atoms with van der Waals surface area (Å²) < 4.78 is 0. The van der Waals surface area contributed by atoms with Gasteiger partial charge >= 0.3 is 0 Å². The summed E-state index contributed by atoms with van der Waals surface area (Å²) in [6.45, 7) is 3.82. The van der Waals surface area contributed by atoms with Crippen molar-refractivity contribution in [1.29, 1.82) is 0 Å². The van der Waals surface area contributed by atoms with Gasteiger partial charge in [0.15, 0.2) is 0 Å². The Bertz CT molecular complexity index is 132. The van der Waals surface area contributed by atoms with E-state index in [1.54, 1.807) is 0 Å². The number of hydrogen-bond donors (Lipinski definition) is 0. The second-order valence-electron chi connectivity index (χ2n) is 3.11. The molecule has 0 bridgehead atoms. The van der Waals surface area contributed by atoms with Crippen LogP contribution in [0.3, 0.4) is 0 Å². The normalized spacial score (nSPS) is 20.4. The molecule has 0 amide bonds. The highest BCUT2D eigenvalue weighted by atomic mass is 28.2. The molecule has 1 fully saturated rings. The molecule has 0 N–H and O–H groups in total. The van der Waals surface area contributed by atoms with E-state index in [0.717, 1.165) is 5.54 Å². The summed E-state index contributed by atoms with van der Waals surface area (Å²) in [6.07, 6.45) is 11.3. The molecule has 0 heterocycles. The molecule has 0 aromatic carbocycles. The van der Waals surface area contributed by atoms with Gasteiger partial charge in [-0.2, -0.15) is 0 Å². The van der Waals surface area contributed by atoms with E-state index < -0.39 is 8.41 Å². The van der Waals surface area contributed by atoms with Crippen LogP contribution in [0.15, 0.2) is 12.3 Å². The van der Waals surface area contributed by atoms with Crippen molar-refractivity contribution in [3.63, 3.8) is 0 Å². The molecule has 0 aromatic heterocycles. The molecule has 1 aliphatic rings. The molecule has 1 heteroatoms. The molecule has 0 radical (unpaired) electrons. The monoisotopic (exact) mass is 152 g/mol. The van der Waals surface area contributed by atoms with Crippen LogP contribution in [0.1, 0.15) is 32.1 Å². The van der Waals surface area contributed by atoms with Crippen molar-refractivity contribution in [2.75, 3.05) is 0 Å². The standard InChI is InChI=1S/C9H16Si/c1-3-10(2)9-7-5-4-6-8-9/h3,9H,1-2,4-8H2. The third-order valence-corrected chi connectivity index (χ3v) is 4.54. The fourth-order valence-corrected chi connectivity index (χ4v) is 3.12. The maximum Gasteiger partial charge on any atom is 0.0320 e. The molecule has 56 valence electrons. The summed E-state index contributed by atoms with van der Waals surface area (Å²) in [5, 5.41) is 0. The van der Waals surface area contributed by atoms with Gasteiger partial charge in [-0.15, -0.1) is 12.8 Å². The molecule has 0 aromatic rings. The van der Waals surface area contributed by atoms with Crippen molar-refractivity contribution >= 4 is 14.6 Å². The van der Waals surface area contributed by atoms with Crippen LogP contribution in [0, 0.1) is 0 Å². The van der Waals surface area contributed by atoms with Gasteiger partial charge in [0.05, 0.1) is 0 Å². The van der Waals surface area contributed by atoms with Gasteiger partial charge in [-0.25, -0.2) is 0 Å². The van der Waals surface area contributed by atoms with E-state index in [9.17, 15) is 0 Å². The molecule has 0 spiro atoms. The molecule has 1 saturated carbocycles. The van der Waals surface area contributed by atoms with Crippen molar-refractivity contribution < 1.29 is 0 Å². The topological polar surface area (TPSA) is 0 Å². The lowest BCUT2D eigenvalue weighted by Gasteiger charge is -2.20. The third kappa shape index (κ3) is 1.91. The Morgan fingerprint density at radius 1 is 1.20 bits per heavy atom. The molecule has 1 aliphatic carbocycles. The highest BCUT2D eigenvalue weighted by Gasteiger charge is 2.14. The Morgan fingerprint density at radius 3 is 2.30 bits per heavy atom. The van der Waals surface area contributed by atoms with Gasteiger partial charge in [-0.3, -0.25) is 0 Å². The van der Waals surface area contributed by atoms with E-state index >= 15 is 0 Å². The van der Waals surface area contributed by atoms with Crippen LogP contribution in [0.4, 0.5) is 0 Å². The van der Waals surface area contributed by atoms with Crippen LogP contribution in [0.2, 0.25) is 5.54 Å². The highest BCUT2D eigenvalue weighted by molar-refractivity contribution is 6.68. The molecule has 0 aliphatic heterocycles. The van der Waals surface area contributed by atoms with Gasteiger partial charge < -0.3 is 0 Å². The van der Waals surface area contributed by atoms with E-state index in [1.807, 2.05) is 0 Å². The summed E-state index contributed by atoms with van der Waals surface area (Å²) in [5.74, 6) is 0. The lowest BCUT2D eigenvalue weighted by molar-refractivity contribution is 0.501. The third-order valence-electron chi connectivity index (χ3n) is 2.39.